The summed E-state index contributed by atoms with van der Waals surface area (Å²) in [5.74, 6) is 0. The summed E-state index contributed by atoms with van der Waals surface area (Å²) >= 11 is 0. The molecule has 0 spiro atoms. The normalized spacial score (nSPS) is 16.4. The van der Waals surface area contributed by atoms with Gasteiger partial charge < -0.3 is 19.7 Å². The average molecular weight is 782 g/mol. The molecule has 3 aliphatic rings. The van der Waals surface area contributed by atoms with Crippen LogP contribution in [0.4, 0.5) is 34.1 Å². The van der Waals surface area contributed by atoms with Crippen LogP contribution in [0, 0.1) is 32.6 Å². The monoisotopic (exact) mass is 782 g/mol. The molecule has 0 saturated carbocycles. The van der Waals surface area contributed by atoms with Crippen molar-refractivity contribution in [3.63, 3.8) is 0 Å². The molecule has 0 atom stereocenters. The van der Waals surface area contributed by atoms with E-state index in [1.807, 2.05) is 42.5 Å². The van der Waals surface area contributed by atoms with E-state index in [4.69, 9.17) is 0 Å². The molecule has 0 radical (unpaired) electrons. The Hall–Kier alpha value is -3.92. The summed E-state index contributed by atoms with van der Waals surface area (Å²) < 4.78 is 0. The Labute approximate surface area is 288 Å². The molecule has 0 amide bonds. The molecule has 4 aromatic carbocycles. The predicted octanol–water partition coefficient (Wildman–Crippen LogP) is 10.5. The maximum Gasteiger partial charge on any atom is 3.00 e. The van der Waals surface area contributed by atoms with Crippen molar-refractivity contribution in [2.24, 2.45) is 0 Å². The predicted molar refractivity (Wildman–Crippen MR) is 188 cm³/mol. The Balaban J connectivity index is 0.000000241. The van der Waals surface area contributed by atoms with Gasteiger partial charge >= 0.3 is 20.1 Å². The SMILES string of the molecule is Cc1cc(C)cc(N2[CH-]N3c4[c-]c5c(cc4N(C)c4cccc2c43)C(C)(C)CCC5(C)C)c1.[Ir+3].[c-]1ccccc1-c1ccccn1. The molecule has 0 unspecified atom stereocenters. The zero-order valence-corrected chi connectivity index (χ0v) is 30.2. The summed E-state index contributed by atoms with van der Waals surface area (Å²) in [5.41, 5.74) is 15.0. The number of nitrogens with zero attached hydrogens (tertiary/aromatic N) is 4. The molecule has 8 rings (SSSR count). The van der Waals surface area contributed by atoms with E-state index in [1.54, 1.807) is 6.20 Å². The Morgan fingerprint density at radius 2 is 1.48 bits per heavy atom. The van der Waals surface area contributed by atoms with Gasteiger partial charge in [-0.3, -0.25) is 0 Å². The maximum atomic E-state index is 4.22. The third-order valence-electron chi connectivity index (χ3n) is 9.64. The Bertz CT molecular complexity index is 1820. The van der Waals surface area contributed by atoms with Gasteiger partial charge in [0, 0.05) is 17.6 Å². The molecule has 234 valence electrons. The van der Waals surface area contributed by atoms with Crippen LogP contribution in [0.2, 0.25) is 0 Å². The zero-order valence-electron chi connectivity index (χ0n) is 27.8. The summed E-state index contributed by atoms with van der Waals surface area (Å²) in [5, 5.41) is 0. The van der Waals surface area contributed by atoms with E-state index in [-0.39, 0.29) is 30.9 Å². The van der Waals surface area contributed by atoms with E-state index in [0.29, 0.717) is 0 Å². The second-order valence-electron chi connectivity index (χ2n) is 14.0. The summed E-state index contributed by atoms with van der Waals surface area (Å²) in [6, 6.07) is 36.7. The number of hydrogen-bond donors (Lipinski definition) is 0. The molecule has 1 aliphatic carbocycles. The van der Waals surface area contributed by atoms with Crippen LogP contribution in [0.1, 0.15) is 62.8 Å². The van der Waals surface area contributed by atoms with E-state index >= 15 is 0 Å². The first-order valence-electron chi connectivity index (χ1n) is 15.9. The number of anilines is 6. The van der Waals surface area contributed by atoms with Gasteiger partial charge in [0.05, 0.1) is 11.4 Å². The summed E-state index contributed by atoms with van der Waals surface area (Å²) in [4.78, 5) is 11.3. The van der Waals surface area contributed by atoms with Crippen LogP contribution in [0.15, 0.2) is 91.1 Å². The molecular formula is C41H41IrN4. The number of hydrogen-bond acceptors (Lipinski definition) is 4. The summed E-state index contributed by atoms with van der Waals surface area (Å²) in [7, 11) is 2.20. The van der Waals surface area contributed by atoms with Crippen molar-refractivity contribution in [3.8, 4) is 11.3 Å². The minimum atomic E-state index is 0. The van der Waals surface area contributed by atoms with Crippen molar-refractivity contribution in [1.82, 2.24) is 4.98 Å². The van der Waals surface area contributed by atoms with Crippen LogP contribution < -0.4 is 14.7 Å². The molecule has 4 nitrogen and oxygen atoms in total. The Morgan fingerprint density at radius 1 is 0.761 bits per heavy atom. The number of aryl methyl sites for hydroxylation is 2. The summed E-state index contributed by atoms with van der Waals surface area (Å²) in [6.45, 7) is 16.1. The Kier molecular flexibility index (Phi) is 8.37. The average Bonchev–Trinajstić information content (AvgIpc) is 3.43. The van der Waals surface area contributed by atoms with Gasteiger partial charge in [-0.05, 0) is 85.6 Å². The number of rotatable bonds is 2. The van der Waals surface area contributed by atoms with Crippen molar-refractivity contribution >= 4 is 34.1 Å². The number of pyridine rings is 1. The summed E-state index contributed by atoms with van der Waals surface area (Å²) in [6.07, 6.45) is 4.19. The van der Waals surface area contributed by atoms with Gasteiger partial charge in [0.25, 0.3) is 0 Å². The largest absolute Gasteiger partial charge is 3.00 e. The van der Waals surface area contributed by atoms with Gasteiger partial charge in [0.1, 0.15) is 0 Å². The van der Waals surface area contributed by atoms with Gasteiger partial charge in [0.15, 0.2) is 0 Å². The number of para-hydroxylation sites is 1. The molecule has 1 aromatic heterocycles. The molecular weight excluding hydrogens is 741 g/mol. The molecule has 0 bridgehead atoms. The van der Waals surface area contributed by atoms with Crippen LogP contribution in [0.25, 0.3) is 11.3 Å². The quantitative estimate of drug-likeness (QED) is 0.166. The van der Waals surface area contributed by atoms with Crippen molar-refractivity contribution in [2.75, 3.05) is 21.7 Å². The van der Waals surface area contributed by atoms with Crippen molar-refractivity contribution in [3.05, 3.63) is 132 Å². The van der Waals surface area contributed by atoms with Crippen LogP contribution in [0.5, 0.6) is 0 Å². The smallest absolute Gasteiger partial charge is 0.490 e. The molecule has 0 fully saturated rings. The van der Waals surface area contributed by atoms with Crippen LogP contribution >= 0.6 is 0 Å². The van der Waals surface area contributed by atoms with E-state index < -0.39 is 0 Å². The van der Waals surface area contributed by atoms with Crippen molar-refractivity contribution < 1.29 is 20.1 Å². The molecule has 0 saturated heterocycles. The first kappa shape index (κ1) is 32.0. The van der Waals surface area contributed by atoms with Crippen molar-refractivity contribution in [1.29, 1.82) is 0 Å². The van der Waals surface area contributed by atoms with Crippen LogP contribution in [0.3, 0.4) is 0 Å². The number of benzene rings is 4. The van der Waals surface area contributed by atoms with Crippen LogP contribution in [-0.4, -0.2) is 12.0 Å². The fourth-order valence-electron chi connectivity index (χ4n) is 7.05. The minimum absolute atomic E-state index is 0. The van der Waals surface area contributed by atoms with E-state index in [2.05, 4.69) is 130 Å². The minimum Gasteiger partial charge on any atom is -0.490 e. The Morgan fingerprint density at radius 3 is 2.17 bits per heavy atom. The standard InChI is InChI=1S/C30H33N3.C11H8N.Ir/c1-19-13-20(2)15-21(14-19)32-18-33-27-17-23-22(29(3,4)11-12-30(23,5)6)16-26(27)31(7)24-9-8-10-25(32)28(24)33;1-2-6-10(7-3-1)11-8-4-5-9-12-11;/h8-10,13-16,18H,11-12H2,1-7H3;1-6,8-9H;/q-2;-1;+3. The van der Waals surface area contributed by atoms with Gasteiger partial charge in [-0.2, -0.15) is 11.6 Å². The fraction of sp³-hybridized carbons (Fsp3) is 0.268. The molecule has 3 heterocycles. The zero-order chi connectivity index (χ0) is 31.5. The third-order valence-corrected chi connectivity index (χ3v) is 9.64. The molecule has 2 aliphatic heterocycles. The second-order valence-corrected chi connectivity index (χ2v) is 14.0. The fourth-order valence-corrected chi connectivity index (χ4v) is 7.05. The molecule has 5 heteroatoms. The maximum absolute atomic E-state index is 4.22. The number of aromatic nitrogens is 1. The first-order chi connectivity index (χ1) is 21.5. The van der Waals surface area contributed by atoms with E-state index in [0.717, 1.165) is 16.9 Å². The second kappa shape index (κ2) is 12.0. The topological polar surface area (TPSA) is 22.6 Å². The molecule has 5 aromatic rings. The van der Waals surface area contributed by atoms with Gasteiger partial charge in [-0.15, -0.1) is 54.2 Å². The first-order valence-corrected chi connectivity index (χ1v) is 15.9. The van der Waals surface area contributed by atoms with E-state index in [1.165, 1.54) is 63.5 Å². The van der Waals surface area contributed by atoms with Gasteiger partial charge in [0.2, 0.25) is 0 Å². The van der Waals surface area contributed by atoms with Crippen molar-refractivity contribution in [2.45, 2.75) is 65.2 Å². The molecule has 46 heavy (non-hydrogen) atoms. The van der Waals surface area contributed by atoms with Crippen LogP contribution in [-0.2, 0) is 30.9 Å². The van der Waals surface area contributed by atoms with E-state index in [9.17, 15) is 0 Å². The molecule has 0 N–H and O–H groups in total. The number of fused-ring (bicyclic) bond motifs is 3. The van der Waals surface area contributed by atoms with Gasteiger partial charge in [-0.25, -0.2) is 0 Å². The van der Waals surface area contributed by atoms with Gasteiger partial charge in [-0.1, -0.05) is 69.5 Å². The third kappa shape index (κ3) is 5.54.